The van der Waals surface area contributed by atoms with Gasteiger partial charge >= 0.3 is 11.9 Å². The molecule has 1 saturated heterocycles. The molecular formula is C30H53N9O10. The Hall–Kier alpha value is -4.52. The number of aliphatic hydroxyl groups excluding tert-OH is 1. The second kappa shape index (κ2) is 20.8. The minimum atomic E-state index is -1.59. The smallest absolute Gasteiger partial charge is 0.326 e. The van der Waals surface area contributed by atoms with Crippen molar-refractivity contribution < 1.29 is 48.9 Å². The van der Waals surface area contributed by atoms with Crippen molar-refractivity contribution in [3.8, 4) is 0 Å². The number of carboxylic acids is 2. The van der Waals surface area contributed by atoms with E-state index in [0.29, 0.717) is 6.42 Å². The van der Waals surface area contributed by atoms with Crippen molar-refractivity contribution in [2.75, 3.05) is 19.7 Å². The summed E-state index contributed by atoms with van der Waals surface area (Å²) in [6.07, 6.45) is 0.514. The first kappa shape index (κ1) is 42.5. The summed E-state index contributed by atoms with van der Waals surface area (Å²) >= 11 is 0. The van der Waals surface area contributed by atoms with Gasteiger partial charge in [-0.3, -0.25) is 34.2 Å². The van der Waals surface area contributed by atoms with E-state index in [1.165, 1.54) is 4.90 Å². The molecule has 19 heteroatoms. The molecule has 0 radical (unpaired) electrons. The van der Waals surface area contributed by atoms with E-state index >= 15 is 0 Å². The average molecular weight is 700 g/mol. The van der Waals surface area contributed by atoms with Crippen LogP contribution >= 0.6 is 0 Å². The van der Waals surface area contributed by atoms with Crippen LogP contribution in [0.5, 0.6) is 0 Å². The third kappa shape index (κ3) is 15.1. The van der Waals surface area contributed by atoms with E-state index in [9.17, 15) is 43.8 Å². The number of nitrogens with two attached hydrogens (primary N) is 2. The summed E-state index contributed by atoms with van der Waals surface area (Å²) in [5.74, 6) is -7.10. The minimum Gasteiger partial charge on any atom is -0.481 e. The van der Waals surface area contributed by atoms with Crippen molar-refractivity contribution in [1.82, 2.24) is 31.5 Å². The van der Waals surface area contributed by atoms with Crippen LogP contribution in [0.3, 0.4) is 0 Å². The van der Waals surface area contributed by atoms with Gasteiger partial charge in [0.15, 0.2) is 5.96 Å². The molecular weight excluding hydrogens is 646 g/mol. The first-order valence-electron chi connectivity index (χ1n) is 16.3. The number of nitrogens with one attached hydrogen (secondary N) is 6. The monoisotopic (exact) mass is 699 g/mol. The lowest BCUT2D eigenvalue weighted by Gasteiger charge is -2.30. The first-order chi connectivity index (χ1) is 22.9. The van der Waals surface area contributed by atoms with Crippen molar-refractivity contribution in [3.05, 3.63) is 0 Å². The number of aliphatic hydroxyl groups is 1. The molecule has 6 atom stereocenters. The van der Waals surface area contributed by atoms with Gasteiger partial charge in [-0.1, -0.05) is 27.7 Å². The third-order valence-electron chi connectivity index (χ3n) is 7.65. The summed E-state index contributed by atoms with van der Waals surface area (Å²) < 4.78 is 0. The number of rotatable bonds is 21. The topological polar surface area (TPSA) is 319 Å². The maximum absolute atomic E-state index is 13.6. The van der Waals surface area contributed by atoms with E-state index in [1.807, 2.05) is 13.8 Å². The summed E-state index contributed by atoms with van der Waals surface area (Å²) in [7, 11) is 0. The number of guanidine groups is 1. The molecule has 1 rings (SSSR count). The van der Waals surface area contributed by atoms with Crippen molar-refractivity contribution in [3.63, 3.8) is 0 Å². The summed E-state index contributed by atoms with van der Waals surface area (Å²) in [5, 5.41) is 48.3. The molecule has 19 nitrogen and oxygen atoms in total. The Bertz CT molecular complexity index is 1200. The predicted octanol–water partition coefficient (Wildman–Crippen LogP) is -2.85. The summed E-state index contributed by atoms with van der Waals surface area (Å²) in [6, 6.07) is -7.72. The van der Waals surface area contributed by atoms with E-state index in [-0.39, 0.29) is 63.0 Å². The third-order valence-corrected chi connectivity index (χ3v) is 7.65. The predicted molar refractivity (Wildman–Crippen MR) is 175 cm³/mol. The lowest BCUT2D eigenvalue weighted by atomic mass is 10.0. The Labute approximate surface area is 285 Å². The largest absolute Gasteiger partial charge is 0.481 e. The Morgan fingerprint density at radius 3 is 1.86 bits per heavy atom. The van der Waals surface area contributed by atoms with Crippen molar-refractivity contribution >= 4 is 47.4 Å². The molecule has 0 bridgehead atoms. The van der Waals surface area contributed by atoms with Crippen LogP contribution in [-0.2, 0) is 33.6 Å². The van der Waals surface area contributed by atoms with Gasteiger partial charge in [-0.05, 0) is 50.4 Å². The number of carbonyl (C=O) groups is 7. The molecule has 1 fully saturated rings. The zero-order valence-corrected chi connectivity index (χ0v) is 28.5. The highest BCUT2D eigenvalue weighted by Gasteiger charge is 2.39. The minimum absolute atomic E-state index is 0.0263. The molecule has 1 aliphatic rings. The quantitative estimate of drug-likeness (QED) is 0.0327. The van der Waals surface area contributed by atoms with E-state index in [1.54, 1.807) is 13.8 Å². The molecule has 1 aliphatic heterocycles. The Morgan fingerprint density at radius 2 is 1.33 bits per heavy atom. The number of hydrogen-bond donors (Lipinski definition) is 11. The second-order valence-corrected chi connectivity index (χ2v) is 12.9. The van der Waals surface area contributed by atoms with Gasteiger partial charge < -0.3 is 58.3 Å². The van der Waals surface area contributed by atoms with Gasteiger partial charge in [0.2, 0.25) is 29.5 Å². The molecule has 13 N–H and O–H groups in total. The average Bonchev–Trinajstić information content (AvgIpc) is 3.49. The van der Waals surface area contributed by atoms with E-state index in [0.717, 1.165) is 0 Å². The molecule has 278 valence electrons. The van der Waals surface area contributed by atoms with Crippen LogP contribution in [-0.4, -0.2) is 124 Å². The molecule has 0 unspecified atom stereocenters. The number of carboxylic acid groups (broad SMARTS) is 2. The number of hydrogen-bond acceptors (Lipinski definition) is 10. The Kier molecular flexibility index (Phi) is 18.0. The Balaban J connectivity index is 3.18. The maximum Gasteiger partial charge on any atom is 0.326 e. The fraction of sp³-hybridized carbons (Fsp3) is 0.733. The zero-order chi connectivity index (χ0) is 37.4. The first-order valence-corrected chi connectivity index (χ1v) is 16.3. The molecule has 0 aromatic heterocycles. The molecule has 0 spiro atoms. The van der Waals surface area contributed by atoms with Crippen molar-refractivity contribution in [2.24, 2.45) is 23.3 Å². The molecule has 5 amide bonds. The summed E-state index contributed by atoms with van der Waals surface area (Å²) in [6.45, 7) is 6.61. The van der Waals surface area contributed by atoms with E-state index in [2.05, 4.69) is 26.6 Å². The van der Waals surface area contributed by atoms with Crippen LogP contribution in [0.15, 0.2) is 0 Å². The van der Waals surface area contributed by atoms with Gasteiger partial charge in [0.1, 0.15) is 30.2 Å². The highest BCUT2D eigenvalue weighted by atomic mass is 16.4. The van der Waals surface area contributed by atoms with Crippen LogP contribution in [0.4, 0.5) is 0 Å². The van der Waals surface area contributed by atoms with Gasteiger partial charge in [-0.2, -0.15) is 0 Å². The molecule has 0 aromatic carbocycles. The fourth-order valence-electron chi connectivity index (χ4n) is 5.25. The van der Waals surface area contributed by atoms with Gasteiger partial charge in [0.25, 0.3) is 0 Å². The lowest BCUT2D eigenvalue weighted by Crippen LogP contribution is -2.60. The van der Waals surface area contributed by atoms with E-state index < -0.39 is 90.8 Å². The lowest BCUT2D eigenvalue weighted by molar-refractivity contribution is -0.149. The Morgan fingerprint density at radius 1 is 0.816 bits per heavy atom. The second-order valence-electron chi connectivity index (χ2n) is 12.9. The highest BCUT2D eigenvalue weighted by Crippen LogP contribution is 2.20. The number of aliphatic carboxylic acids is 2. The zero-order valence-electron chi connectivity index (χ0n) is 28.5. The van der Waals surface area contributed by atoms with Crippen LogP contribution in [0.1, 0.15) is 72.6 Å². The van der Waals surface area contributed by atoms with Crippen molar-refractivity contribution in [1.29, 1.82) is 5.41 Å². The van der Waals surface area contributed by atoms with Gasteiger partial charge in [-0.15, -0.1) is 0 Å². The van der Waals surface area contributed by atoms with Crippen LogP contribution in [0.2, 0.25) is 0 Å². The van der Waals surface area contributed by atoms with Crippen LogP contribution in [0.25, 0.3) is 0 Å². The number of amides is 5. The number of carbonyl (C=O) groups excluding carboxylic acids is 5. The summed E-state index contributed by atoms with van der Waals surface area (Å²) in [5.41, 5.74) is 10.9. The maximum atomic E-state index is 13.6. The van der Waals surface area contributed by atoms with Gasteiger partial charge in [0, 0.05) is 13.1 Å². The highest BCUT2D eigenvalue weighted by molar-refractivity contribution is 5.96. The number of nitrogens with zero attached hydrogens (tertiary/aromatic N) is 1. The van der Waals surface area contributed by atoms with Crippen molar-refractivity contribution in [2.45, 2.75) is 109 Å². The standard InChI is InChI=1S/C30H53N9O10/c1-15(2)11-19(36-24(43)17(31)13-23(41)42)26(45)38-21(14-40)27(46)35-18(7-5-9-34-30(32)33)25(44)37-20(12-16(3)4)28(47)39-10-6-8-22(39)29(48)49/h15-22,40H,5-14,31H2,1-4H3,(H,35,46)(H,36,43)(H,37,44)(H,38,45)(H,41,42)(H,48,49)(H4,32,33,34)/t17-,18-,19-,20-,21-,22-/m0/s1. The molecule has 0 aliphatic carbocycles. The molecule has 49 heavy (non-hydrogen) atoms. The van der Waals surface area contributed by atoms with Crippen LogP contribution < -0.4 is 38.1 Å². The normalized spacial score (nSPS) is 17.3. The fourth-order valence-corrected chi connectivity index (χ4v) is 5.25. The van der Waals surface area contributed by atoms with Gasteiger partial charge in [-0.25, -0.2) is 4.79 Å². The molecule has 0 saturated carbocycles. The molecule has 1 heterocycles. The SMILES string of the molecule is CC(C)C[C@H](NC(=O)[C@@H](N)CC(=O)O)C(=O)N[C@@H](CO)C(=O)N[C@@H](CCCNC(=N)N)C(=O)N[C@@H](CC(C)C)C(=O)N1CCC[C@H]1C(=O)O. The number of likely N-dealkylation sites (tertiary alicyclic amines) is 1. The molecule has 0 aromatic rings. The van der Waals surface area contributed by atoms with Gasteiger partial charge in [0.05, 0.1) is 19.1 Å². The van der Waals surface area contributed by atoms with Crippen LogP contribution in [0, 0.1) is 17.2 Å². The summed E-state index contributed by atoms with van der Waals surface area (Å²) in [4.78, 5) is 89.9. The van der Waals surface area contributed by atoms with E-state index in [4.69, 9.17) is 22.0 Å².